The van der Waals surface area contributed by atoms with Crippen molar-refractivity contribution in [3.8, 4) is 0 Å². The number of alkyl halides is 2. The molecule has 0 amide bonds. The standard InChI is InChI=1S/C9H14F2O3/c1-7(12)8(5-13-2)3-4-9(10,11)6-14-8/h3-6H2,1-2H3. The number of ether oxygens (including phenoxy) is 2. The Morgan fingerprint density at radius 3 is 2.50 bits per heavy atom. The molecule has 1 fully saturated rings. The molecule has 0 bridgehead atoms. The first-order chi connectivity index (χ1) is 6.42. The van der Waals surface area contributed by atoms with Crippen molar-refractivity contribution in [2.45, 2.75) is 31.3 Å². The topological polar surface area (TPSA) is 35.5 Å². The Bertz CT molecular complexity index is 218. The highest BCUT2D eigenvalue weighted by atomic mass is 19.3. The average Bonchev–Trinajstić information content (AvgIpc) is 2.09. The van der Waals surface area contributed by atoms with Crippen LogP contribution in [0, 0.1) is 0 Å². The van der Waals surface area contributed by atoms with E-state index in [1.807, 2.05) is 0 Å². The SMILES string of the molecule is COCC1(C(C)=O)CCC(F)(F)CO1. The van der Waals surface area contributed by atoms with Crippen LogP contribution in [0.25, 0.3) is 0 Å². The van der Waals surface area contributed by atoms with Gasteiger partial charge in [0.1, 0.15) is 12.2 Å². The molecule has 1 aliphatic rings. The maximum atomic E-state index is 12.8. The minimum absolute atomic E-state index is 0.0170. The molecule has 82 valence electrons. The maximum absolute atomic E-state index is 12.8. The Morgan fingerprint density at radius 2 is 2.14 bits per heavy atom. The monoisotopic (exact) mass is 208 g/mol. The van der Waals surface area contributed by atoms with Gasteiger partial charge in [-0.15, -0.1) is 0 Å². The fourth-order valence-electron chi connectivity index (χ4n) is 1.50. The lowest BCUT2D eigenvalue weighted by Gasteiger charge is -2.37. The molecule has 1 aliphatic heterocycles. The van der Waals surface area contributed by atoms with Gasteiger partial charge in [0.15, 0.2) is 5.78 Å². The number of carbonyl (C=O) groups is 1. The zero-order valence-electron chi connectivity index (χ0n) is 8.31. The van der Waals surface area contributed by atoms with Gasteiger partial charge in [-0.05, 0) is 13.3 Å². The second-order valence-corrected chi connectivity index (χ2v) is 3.63. The first-order valence-corrected chi connectivity index (χ1v) is 4.44. The van der Waals surface area contributed by atoms with E-state index in [1.54, 1.807) is 0 Å². The van der Waals surface area contributed by atoms with Crippen molar-refractivity contribution in [3.63, 3.8) is 0 Å². The lowest BCUT2D eigenvalue weighted by atomic mass is 9.89. The molecule has 3 nitrogen and oxygen atoms in total. The van der Waals surface area contributed by atoms with Crippen LogP contribution in [0.4, 0.5) is 8.78 Å². The van der Waals surface area contributed by atoms with Crippen LogP contribution in [0.1, 0.15) is 19.8 Å². The molecule has 1 atom stereocenters. The molecule has 1 heterocycles. The molecule has 1 saturated heterocycles. The minimum atomic E-state index is -2.81. The molecule has 0 N–H and O–H groups in total. The van der Waals surface area contributed by atoms with Crippen LogP contribution >= 0.6 is 0 Å². The van der Waals surface area contributed by atoms with Crippen molar-refractivity contribution < 1.29 is 23.0 Å². The summed E-state index contributed by atoms with van der Waals surface area (Å²) in [5, 5.41) is 0. The first-order valence-electron chi connectivity index (χ1n) is 4.44. The molecule has 0 aliphatic carbocycles. The fraction of sp³-hybridized carbons (Fsp3) is 0.889. The molecule has 0 radical (unpaired) electrons. The van der Waals surface area contributed by atoms with Crippen LogP contribution in [0.15, 0.2) is 0 Å². The highest BCUT2D eigenvalue weighted by molar-refractivity contribution is 5.85. The molecule has 1 rings (SSSR count). The van der Waals surface area contributed by atoms with Crippen LogP contribution in [0.2, 0.25) is 0 Å². The molecule has 0 aromatic heterocycles. The van der Waals surface area contributed by atoms with Crippen molar-refractivity contribution >= 4 is 5.78 Å². The van der Waals surface area contributed by atoms with E-state index < -0.39 is 18.1 Å². The Hall–Kier alpha value is -0.550. The summed E-state index contributed by atoms with van der Waals surface area (Å²) in [6.07, 6.45) is -0.306. The maximum Gasteiger partial charge on any atom is 0.271 e. The van der Waals surface area contributed by atoms with Gasteiger partial charge in [0.25, 0.3) is 5.92 Å². The predicted molar refractivity (Wildman–Crippen MR) is 45.4 cm³/mol. The van der Waals surface area contributed by atoms with E-state index in [1.165, 1.54) is 14.0 Å². The summed E-state index contributed by atoms with van der Waals surface area (Å²) in [4.78, 5) is 11.3. The van der Waals surface area contributed by atoms with Gasteiger partial charge in [-0.2, -0.15) is 0 Å². The summed E-state index contributed by atoms with van der Waals surface area (Å²) in [7, 11) is 1.42. The number of hydrogen-bond donors (Lipinski definition) is 0. The van der Waals surface area contributed by atoms with Crippen molar-refractivity contribution in [1.82, 2.24) is 0 Å². The van der Waals surface area contributed by atoms with Crippen molar-refractivity contribution in [2.24, 2.45) is 0 Å². The van der Waals surface area contributed by atoms with E-state index >= 15 is 0 Å². The molecule has 5 heteroatoms. The van der Waals surface area contributed by atoms with E-state index in [0.717, 1.165) is 0 Å². The predicted octanol–water partition coefficient (Wildman–Crippen LogP) is 1.41. The van der Waals surface area contributed by atoms with Crippen LogP contribution in [0.5, 0.6) is 0 Å². The van der Waals surface area contributed by atoms with E-state index in [4.69, 9.17) is 9.47 Å². The molecule has 1 unspecified atom stereocenters. The van der Waals surface area contributed by atoms with E-state index in [-0.39, 0.29) is 25.2 Å². The second kappa shape index (κ2) is 3.90. The van der Waals surface area contributed by atoms with Crippen molar-refractivity contribution in [3.05, 3.63) is 0 Å². The van der Waals surface area contributed by atoms with E-state index in [9.17, 15) is 13.6 Å². The molecule has 14 heavy (non-hydrogen) atoms. The zero-order chi connectivity index (χ0) is 10.8. The number of Topliss-reactive ketones (excluding diaryl/α,β-unsaturated/α-hetero) is 1. The van der Waals surface area contributed by atoms with E-state index in [2.05, 4.69) is 0 Å². The summed E-state index contributed by atoms with van der Waals surface area (Å²) in [5.74, 6) is -3.07. The van der Waals surface area contributed by atoms with Gasteiger partial charge in [-0.25, -0.2) is 8.78 Å². The molecular formula is C9H14F2O3. The molecule has 0 spiro atoms. The molecule has 0 saturated carbocycles. The van der Waals surface area contributed by atoms with Gasteiger partial charge in [0.2, 0.25) is 0 Å². The molecule has 0 aromatic rings. The number of methoxy groups -OCH3 is 1. The first kappa shape index (κ1) is 11.5. The van der Waals surface area contributed by atoms with E-state index in [0.29, 0.717) is 0 Å². The van der Waals surface area contributed by atoms with Crippen LogP contribution in [0.3, 0.4) is 0 Å². The Morgan fingerprint density at radius 1 is 1.50 bits per heavy atom. The number of carbonyl (C=O) groups excluding carboxylic acids is 1. The van der Waals surface area contributed by atoms with Gasteiger partial charge >= 0.3 is 0 Å². The van der Waals surface area contributed by atoms with Crippen LogP contribution in [-0.4, -0.2) is 37.6 Å². The van der Waals surface area contributed by atoms with Crippen LogP contribution in [-0.2, 0) is 14.3 Å². The van der Waals surface area contributed by atoms with Crippen LogP contribution < -0.4 is 0 Å². The van der Waals surface area contributed by atoms with Gasteiger partial charge in [0.05, 0.1) is 6.61 Å². The lowest BCUT2D eigenvalue weighted by Crippen LogP contribution is -2.51. The third-order valence-corrected chi connectivity index (χ3v) is 2.47. The van der Waals surface area contributed by atoms with Gasteiger partial charge < -0.3 is 9.47 Å². The number of ketones is 1. The van der Waals surface area contributed by atoms with Gasteiger partial charge in [0, 0.05) is 13.5 Å². The zero-order valence-corrected chi connectivity index (χ0v) is 8.31. The normalized spacial score (nSPS) is 31.4. The summed E-state index contributed by atoms with van der Waals surface area (Å²) in [6, 6.07) is 0. The summed E-state index contributed by atoms with van der Waals surface area (Å²) >= 11 is 0. The highest BCUT2D eigenvalue weighted by Crippen LogP contribution is 2.34. The molecular weight excluding hydrogens is 194 g/mol. The number of hydrogen-bond acceptors (Lipinski definition) is 3. The lowest BCUT2D eigenvalue weighted by molar-refractivity contribution is -0.202. The quantitative estimate of drug-likeness (QED) is 0.703. The average molecular weight is 208 g/mol. The number of rotatable bonds is 3. The third kappa shape index (κ3) is 2.27. The van der Waals surface area contributed by atoms with Gasteiger partial charge in [-0.1, -0.05) is 0 Å². The molecule has 0 aromatic carbocycles. The van der Waals surface area contributed by atoms with Crippen molar-refractivity contribution in [2.75, 3.05) is 20.3 Å². The van der Waals surface area contributed by atoms with Gasteiger partial charge in [-0.3, -0.25) is 4.79 Å². The summed E-state index contributed by atoms with van der Waals surface area (Å²) in [6.45, 7) is 0.677. The summed E-state index contributed by atoms with van der Waals surface area (Å²) < 4.78 is 35.3. The third-order valence-electron chi connectivity index (χ3n) is 2.47. The Balaban J connectivity index is 2.69. The van der Waals surface area contributed by atoms with Crippen molar-refractivity contribution in [1.29, 1.82) is 0 Å². The minimum Gasteiger partial charge on any atom is -0.381 e. The smallest absolute Gasteiger partial charge is 0.271 e. The Labute approximate surface area is 81.4 Å². The Kier molecular flexibility index (Phi) is 3.21. The largest absolute Gasteiger partial charge is 0.381 e. The second-order valence-electron chi connectivity index (χ2n) is 3.63. The summed E-state index contributed by atoms with van der Waals surface area (Å²) in [5.41, 5.74) is -1.16. The number of halogens is 2. The fourth-order valence-corrected chi connectivity index (χ4v) is 1.50. The highest BCUT2D eigenvalue weighted by Gasteiger charge is 2.47.